The Bertz CT molecular complexity index is 488. The molecule has 1 heterocycles. The molecule has 1 aliphatic rings. The number of nitrogens with one attached hydrogen (secondary N) is 2. The molecular weight excluding hydrogens is 276 g/mol. The lowest BCUT2D eigenvalue weighted by atomic mass is 9.92. The number of benzene rings is 1. The van der Waals surface area contributed by atoms with Gasteiger partial charge in [0.25, 0.3) is 0 Å². The van der Waals surface area contributed by atoms with Crippen molar-refractivity contribution in [2.45, 2.75) is 46.1 Å². The summed E-state index contributed by atoms with van der Waals surface area (Å²) in [7, 11) is 0. The maximum absolute atomic E-state index is 12.3. The van der Waals surface area contributed by atoms with Crippen LogP contribution < -0.4 is 15.4 Å². The van der Waals surface area contributed by atoms with Gasteiger partial charge in [0.1, 0.15) is 5.75 Å². The van der Waals surface area contributed by atoms with Crippen LogP contribution in [0.5, 0.6) is 5.75 Å². The summed E-state index contributed by atoms with van der Waals surface area (Å²) in [6, 6.07) is 8.09. The van der Waals surface area contributed by atoms with E-state index in [4.69, 9.17) is 4.74 Å². The average Bonchev–Trinajstić information content (AvgIpc) is 2.47. The molecule has 22 heavy (non-hydrogen) atoms. The highest BCUT2D eigenvalue weighted by Gasteiger charge is 2.24. The third-order valence-electron chi connectivity index (χ3n) is 4.06. The molecule has 2 atom stereocenters. The minimum absolute atomic E-state index is 0.0989. The van der Waals surface area contributed by atoms with E-state index in [-0.39, 0.29) is 11.8 Å². The van der Waals surface area contributed by atoms with E-state index < -0.39 is 0 Å². The molecule has 0 aromatic heterocycles. The minimum atomic E-state index is 0.0989. The molecular formula is C18H28N2O2. The van der Waals surface area contributed by atoms with Gasteiger partial charge < -0.3 is 15.4 Å². The third-order valence-corrected chi connectivity index (χ3v) is 4.06. The van der Waals surface area contributed by atoms with Gasteiger partial charge in [0.2, 0.25) is 5.91 Å². The number of amides is 1. The molecule has 0 spiro atoms. The van der Waals surface area contributed by atoms with Crippen molar-refractivity contribution in [2.24, 2.45) is 11.8 Å². The van der Waals surface area contributed by atoms with Crippen molar-refractivity contribution in [3.05, 3.63) is 24.3 Å². The van der Waals surface area contributed by atoms with Gasteiger partial charge in [-0.2, -0.15) is 0 Å². The average molecular weight is 304 g/mol. The lowest BCUT2D eigenvalue weighted by molar-refractivity contribution is -0.120. The van der Waals surface area contributed by atoms with Gasteiger partial charge in [-0.15, -0.1) is 0 Å². The van der Waals surface area contributed by atoms with Crippen LogP contribution in [0.1, 0.15) is 40.0 Å². The number of piperidine rings is 1. The van der Waals surface area contributed by atoms with Crippen molar-refractivity contribution in [3.63, 3.8) is 0 Å². The summed E-state index contributed by atoms with van der Waals surface area (Å²) >= 11 is 0. The quantitative estimate of drug-likeness (QED) is 0.846. The van der Waals surface area contributed by atoms with Gasteiger partial charge in [-0.3, -0.25) is 4.79 Å². The second-order valence-electron chi connectivity index (χ2n) is 6.62. The fourth-order valence-corrected chi connectivity index (χ4v) is 2.69. The molecule has 1 saturated heterocycles. The number of ether oxygens (including phenoxy) is 1. The van der Waals surface area contributed by atoms with Crippen molar-refractivity contribution in [1.29, 1.82) is 0 Å². The molecule has 1 fully saturated rings. The molecule has 1 aromatic rings. The van der Waals surface area contributed by atoms with E-state index in [2.05, 4.69) is 31.4 Å². The van der Waals surface area contributed by atoms with Crippen LogP contribution in [0.4, 0.5) is 5.69 Å². The molecule has 122 valence electrons. The molecule has 0 saturated carbocycles. The molecule has 2 rings (SSSR count). The van der Waals surface area contributed by atoms with E-state index in [0.29, 0.717) is 18.6 Å². The molecule has 4 nitrogen and oxygen atoms in total. The number of anilines is 1. The Balaban J connectivity index is 1.87. The molecule has 4 heteroatoms. The Hall–Kier alpha value is -1.55. The number of hydrogen-bond acceptors (Lipinski definition) is 3. The summed E-state index contributed by atoms with van der Waals surface area (Å²) in [6.45, 7) is 8.11. The Morgan fingerprint density at radius 2 is 2.27 bits per heavy atom. The summed E-state index contributed by atoms with van der Waals surface area (Å²) < 4.78 is 5.74. The van der Waals surface area contributed by atoms with Crippen LogP contribution in [-0.4, -0.2) is 25.1 Å². The Labute approximate surface area is 133 Å². The standard InChI is InChI=1S/C18H28N2O2/c1-13(2)8-10-22-17-6-4-5-16(12-17)20-18(21)15-7-9-19-14(3)11-15/h4-6,12-15,19H,7-11H2,1-3H3,(H,20,21)/t14-,15-/m0/s1. The first-order chi connectivity index (χ1) is 10.5. The van der Waals surface area contributed by atoms with Crippen molar-refractivity contribution in [2.75, 3.05) is 18.5 Å². The van der Waals surface area contributed by atoms with Gasteiger partial charge in [-0.25, -0.2) is 0 Å². The van der Waals surface area contributed by atoms with E-state index in [9.17, 15) is 4.79 Å². The number of carbonyl (C=O) groups excluding carboxylic acids is 1. The van der Waals surface area contributed by atoms with Crippen molar-refractivity contribution in [1.82, 2.24) is 5.32 Å². The Kier molecular flexibility index (Phi) is 6.25. The normalized spacial score (nSPS) is 21.6. The largest absolute Gasteiger partial charge is 0.494 e. The molecule has 1 aliphatic heterocycles. The van der Waals surface area contributed by atoms with E-state index in [1.807, 2.05) is 24.3 Å². The lowest BCUT2D eigenvalue weighted by Crippen LogP contribution is -2.40. The highest BCUT2D eigenvalue weighted by Crippen LogP contribution is 2.21. The first-order valence-electron chi connectivity index (χ1n) is 8.31. The van der Waals surface area contributed by atoms with Gasteiger partial charge in [-0.1, -0.05) is 19.9 Å². The molecule has 0 bridgehead atoms. The maximum atomic E-state index is 12.3. The van der Waals surface area contributed by atoms with Gasteiger partial charge >= 0.3 is 0 Å². The monoisotopic (exact) mass is 304 g/mol. The van der Waals surface area contributed by atoms with Gasteiger partial charge in [0.05, 0.1) is 6.61 Å². The van der Waals surface area contributed by atoms with E-state index in [0.717, 1.165) is 37.2 Å². The summed E-state index contributed by atoms with van der Waals surface area (Å²) in [5, 5.41) is 6.40. The predicted octanol–water partition coefficient (Wildman–Crippen LogP) is 3.44. The number of carbonyl (C=O) groups is 1. The molecule has 0 aliphatic carbocycles. The van der Waals surface area contributed by atoms with Crippen molar-refractivity contribution in [3.8, 4) is 5.75 Å². The van der Waals surface area contributed by atoms with Crippen molar-refractivity contribution < 1.29 is 9.53 Å². The smallest absolute Gasteiger partial charge is 0.227 e. The zero-order valence-electron chi connectivity index (χ0n) is 13.9. The summed E-state index contributed by atoms with van der Waals surface area (Å²) in [4.78, 5) is 12.3. The fourth-order valence-electron chi connectivity index (χ4n) is 2.69. The fraction of sp³-hybridized carbons (Fsp3) is 0.611. The summed E-state index contributed by atoms with van der Waals surface area (Å²) in [5.41, 5.74) is 0.818. The van der Waals surface area contributed by atoms with Gasteiger partial charge in [0, 0.05) is 23.7 Å². The van der Waals surface area contributed by atoms with Crippen LogP contribution >= 0.6 is 0 Å². The summed E-state index contributed by atoms with van der Waals surface area (Å²) in [5.74, 6) is 1.66. The topological polar surface area (TPSA) is 50.4 Å². The minimum Gasteiger partial charge on any atom is -0.494 e. The van der Waals surface area contributed by atoms with E-state index in [1.165, 1.54) is 0 Å². The van der Waals surface area contributed by atoms with E-state index >= 15 is 0 Å². The number of rotatable bonds is 6. The van der Waals surface area contributed by atoms with Gasteiger partial charge in [0.15, 0.2) is 0 Å². The van der Waals surface area contributed by atoms with Gasteiger partial charge in [-0.05, 0) is 50.8 Å². The Morgan fingerprint density at radius 1 is 1.45 bits per heavy atom. The molecule has 2 N–H and O–H groups in total. The third kappa shape index (κ3) is 5.34. The second-order valence-corrected chi connectivity index (χ2v) is 6.62. The lowest BCUT2D eigenvalue weighted by Gasteiger charge is -2.27. The Morgan fingerprint density at radius 3 is 3.00 bits per heavy atom. The van der Waals surface area contributed by atoms with Crippen LogP contribution in [0.3, 0.4) is 0 Å². The second kappa shape index (κ2) is 8.18. The van der Waals surface area contributed by atoms with Crippen LogP contribution in [0.25, 0.3) is 0 Å². The van der Waals surface area contributed by atoms with Crippen LogP contribution in [0.15, 0.2) is 24.3 Å². The highest BCUT2D eigenvalue weighted by molar-refractivity contribution is 5.92. The van der Waals surface area contributed by atoms with Crippen molar-refractivity contribution >= 4 is 11.6 Å². The predicted molar refractivity (Wildman–Crippen MR) is 90.2 cm³/mol. The molecule has 0 unspecified atom stereocenters. The maximum Gasteiger partial charge on any atom is 0.227 e. The highest BCUT2D eigenvalue weighted by atomic mass is 16.5. The van der Waals surface area contributed by atoms with Crippen LogP contribution in [0, 0.1) is 11.8 Å². The van der Waals surface area contributed by atoms with Crippen LogP contribution in [-0.2, 0) is 4.79 Å². The number of hydrogen-bond donors (Lipinski definition) is 2. The van der Waals surface area contributed by atoms with Crippen LogP contribution in [0.2, 0.25) is 0 Å². The molecule has 1 aromatic carbocycles. The molecule has 1 amide bonds. The zero-order chi connectivity index (χ0) is 15.9. The molecule has 0 radical (unpaired) electrons. The van der Waals surface area contributed by atoms with E-state index in [1.54, 1.807) is 0 Å². The first kappa shape index (κ1) is 16.8. The SMILES string of the molecule is CC(C)CCOc1cccc(NC(=O)[C@H]2CCN[C@@H](C)C2)c1. The summed E-state index contributed by atoms with van der Waals surface area (Å²) in [6.07, 6.45) is 2.83. The first-order valence-corrected chi connectivity index (χ1v) is 8.31. The zero-order valence-corrected chi connectivity index (χ0v) is 13.9.